The number of amides is 1. The number of carbonyl (C=O) groups is 1. The third-order valence-corrected chi connectivity index (χ3v) is 8.08. The van der Waals surface area contributed by atoms with Gasteiger partial charge in [-0.1, -0.05) is 36.1 Å². The van der Waals surface area contributed by atoms with Gasteiger partial charge < -0.3 is 14.5 Å². The van der Waals surface area contributed by atoms with Crippen LogP contribution in [0.4, 0.5) is 5.82 Å². The summed E-state index contributed by atoms with van der Waals surface area (Å²) in [6.07, 6.45) is 2.46. The van der Waals surface area contributed by atoms with E-state index in [-0.39, 0.29) is 17.0 Å². The lowest BCUT2D eigenvalue weighted by atomic mass is 10.0. The van der Waals surface area contributed by atoms with Crippen LogP contribution in [0.2, 0.25) is 0 Å². The molecular weight excluding hydrogens is 494 g/mol. The molecule has 10 heteroatoms. The molecule has 0 atom stereocenters. The van der Waals surface area contributed by atoms with E-state index in [0.29, 0.717) is 33.3 Å². The van der Waals surface area contributed by atoms with E-state index < -0.39 is 0 Å². The fraction of sp³-hybridized carbons (Fsp3) is 0.385. The average molecular weight is 524 g/mol. The Bertz CT molecular complexity index is 1320. The Kier molecular flexibility index (Phi) is 7.83. The van der Waals surface area contributed by atoms with Crippen LogP contribution in [0, 0.1) is 18.3 Å². The maximum Gasteiger partial charge on any atom is 0.270 e. The van der Waals surface area contributed by atoms with Crippen molar-refractivity contribution in [1.29, 1.82) is 5.26 Å². The van der Waals surface area contributed by atoms with E-state index in [2.05, 4.69) is 22.9 Å². The third kappa shape index (κ3) is 5.05. The average Bonchev–Trinajstić information content (AvgIpc) is 3.14. The largest absolute Gasteiger partial charge is 0.497 e. The van der Waals surface area contributed by atoms with Crippen molar-refractivity contribution in [1.82, 2.24) is 14.4 Å². The highest BCUT2D eigenvalue weighted by molar-refractivity contribution is 8.26. The number of thioether (sulfide) groups is 1. The van der Waals surface area contributed by atoms with Crippen molar-refractivity contribution in [2.45, 2.75) is 13.3 Å². The fourth-order valence-electron chi connectivity index (χ4n) is 4.47. The molecule has 36 heavy (non-hydrogen) atoms. The van der Waals surface area contributed by atoms with E-state index in [4.69, 9.17) is 17.0 Å². The Balaban J connectivity index is 1.66. The van der Waals surface area contributed by atoms with Gasteiger partial charge in [-0.2, -0.15) is 5.26 Å². The molecule has 0 N–H and O–H groups in total. The van der Waals surface area contributed by atoms with Crippen LogP contribution < -0.4 is 15.2 Å². The van der Waals surface area contributed by atoms with Crippen LogP contribution in [0.1, 0.15) is 22.3 Å². The second-order valence-electron chi connectivity index (χ2n) is 8.94. The van der Waals surface area contributed by atoms with Crippen LogP contribution >= 0.6 is 24.0 Å². The Labute approximate surface area is 220 Å². The first-order chi connectivity index (χ1) is 17.2. The number of hydrogen-bond acceptors (Lipinski definition) is 8. The lowest BCUT2D eigenvalue weighted by molar-refractivity contribution is -0.122. The van der Waals surface area contributed by atoms with Crippen molar-refractivity contribution < 1.29 is 9.53 Å². The summed E-state index contributed by atoms with van der Waals surface area (Å²) in [5.41, 5.74) is 2.15. The standard InChI is InChI=1S/C26H29N5O3S2/c1-17-20(23(29(3)24(32)21(17)16-27)30-13-11-28(2)12-14-30)15-22-25(33)31(26(35)36-22)10-9-18-5-7-19(34-4)8-6-18/h5-8,15H,9-14H2,1-4H3. The Morgan fingerprint density at radius 2 is 1.81 bits per heavy atom. The van der Waals surface area contributed by atoms with Crippen molar-refractivity contribution in [3.63, 3.8) is 0 Å². The van der Waals surface area contributed by atoms with E-state index in [1.165, 1.54) is 16.3 Å². The first-order valence-electron chi connectivity index (χ1n) is 11.7. The molecule has 2 aliphatic heterocycles. The minimum Gasteiger partial charge on any atom is -0.497 e. The van der Waals surface area contributed by atoms with E-state index in [1.807, 2.05) is 24.3 Å². The summed E-state index contributed by atoms with van der Waals surface area (Å²) in [4.78, 5) is 32.8. The molecule has 2 aromatic rings. The third-order valence-electron chi connectivity index (χ3n) is 6.70. The van der Waals surface area contributed by atoms with Gasteiger partial charge in [0.15, 0.2) is 0 Å². The van der Waals surface area contributed by atoms with Gasteiger partial charge in [0.25, 0.3) is 11.5 Å². The van der Waals surface area contributed by atoms with Gasteiger partial charge in [-0.3, -0.25) is 19.1 Å². The Hall–Kier alpha value is -3.13. The van der Waals surface area contributed by atoms with Crippen LogP contribution in [-0.4, -0.2) is 71.5 Å². The molecule has 4 rings (SSSR count). The summed E-state index contributed by atoms with van der Waals surface area (Å²) in [7, 11) is 5.38. The van der Waals surface area contributed by atoms with E-state index >= 15 is 0 Å². The minimum absolute atomic E-state index is 0.0941. The quantitative estimate of drug-likeness (QED) is 0.422. The van der Waals surface area contributed by atoms with Crippen LogP contribution in [0.3, 0.4) is 0 Å². The van der Waals surface area contributed by atoms with Gasteiger partial charge in [-0.05, 0) is 49.7 Å². The number of benzene rings is 1. The number of piperazine rings is 1. The number of carbonyl (C=O) groups excluding carboxylic acids is 1. The molecule has 188 valence electrons. The molecule has 2 aliphatic rings. The van der Waals surface area contributed by atoms with E-state index in [0.717, 1.165) is 43.3 Å². The van der Waals surface area contributed by atoms with Crippen molar-refractivity contribution >= 4 is 46.1 Å². The fourth-order valence-corrected chi connectivity index (χ4v) is 5.76. The molecule has 0 radical (unpaired) electrons. The predicted molar refractivity (Wildman–Crippen MR) is 147 cm³/mol. The maximum absolute atomic E-state index is 13.4. The minimum atomic E-state index is -0.326. The number of pyridine rings is 1. The summed E-state index contributed by atoms with van der Waals surface area (Å²) >= 11 is 6.81. The van der Waals surface area contributed by atoms with Crippen LogP contribution in [0.5, 0.6) is 5.75 Å². The van der Waals surface area contributed by atoms with Crippen molar-refractivity contribution in [2.24, 2.45) is 7.05 Å². The molecule has 0 spiro atoms. The SMILES string of the molecule is COc1ccc(CCN2C(=O)C(=Cc3c(C)c(C#N)c(=O)n(C)c3N3CCN(C)CC3)SC2=S)cc1. The zero-order chi connectivity index (χ0) is 26.0. The predicted octanol–water partition coefficient (Wildman–Crippen LogP) is 2.77. The van der Waals surface area contributed by atoms with Crippen molar-refractivity contribution in [3.8, 4) is 11.8 Å². The first-order valence-corrected chi connectivity index (χ1v) is 12.9. The van der Waals surface area contributed by atoms with Crippen LogP contribution in [0.25, 0.3) is 6.08 Å². The summed E-state index contributed by atoms with van der Waals surface area (Å²) < 4.78 is 7.25. The van der Waals surface area contributed by atoms with Gasteiger partial charge in [0.1, 0.15) is 27.5 Å². The lowest BCUT2D eigenvalue weighted by Crippen LogP contribution is -2.46. The van der Waals surface area contributed by atoms with Crippen molar-refractivity contribution in [2.75, 3.05) is 51.8 Å². The molecule has 0 bridgehead atoms. The number of likely N-dealkylation sites (N-methyl/N-ethyl adjacent to an activating group) is 1. The number of rotatable bonds is 6. The highest BCUT2D eigenvalue weighted by Gasteiger charge is 2.33. The van der Waals surface area contributed by atoms with Crippen LogP contribution in [0.15, 0.2) is 34.0 Å². The number of nitrogens with zero attached hydrogens (tertiary/aromatic N) is 5. The normalized spacial score (nSPS) is 17.7. The monoisotopic (exact) mass is 523 g/mol. The van der Waals surface area contributed by atoms with Gasteiger partial charge in [-0.25, -0.2) is 0 Å². The number of nitriles is 1. The molecule has 2 fully saturated rings. The van der Waals surface area contributed by atoms with Crippen molar-refractivity contribution in [3.05, 3.63) is 61.8 Å². The van der Waals surface area contributed by atoms with Gasteiger partial charge >= 0.3 is 0 Å². The Morgan fingerprint density at radius 3 is 2.42 bits per heavy atom. The first kappa shape index (κ1) is 25.9. The lowest BCUT2D eigenvalue weighted by Gasteiger charge is -2.36. The number of methoxy groups -OCH3 is 1. The maximum atomic E-state index is 13.4. The topological polar surface area (TPSA) is 81.8 Å². The second-order valence-corrected chi connectivity index (χ2v) is 10.6. The molecule has 1 amide bonds. The highest BCUT2D eigenvalue weighted by atomic mass is 32.2. The van der Waals surface area contributed by atoms with Gasteiger partial charge in [-0.15, -0.1) is 0 Å². The summed E-state index contributed by atoms with van der Waals surface area (Å²) in [6.45, 7) is 5.46. The number of ether oxygens (including phenoxy) is 1. The molecule has 2 saturated heterocycles. The van der Waals surface area contributed by atoms with E-state index in [1.54, 1.807) is 32.1 Å². The number of anilines is 1. The smallest absolute Gasteiger partial charge is 0.270 e. The zero-order valence-corrected chi connectivity index (χ0v) is 22.5. The van der Waals surface area contributed by atoms with E-state index in [9.17, 15) is 14.9 Å². The van der Waals surface area contributed by atoms with Gasteiger partial charge in [0.2, 0.25) is 0 Å². The molecule has 0 saturated carbocycles. The molecule has 0 aliphatic carbocycles. The molecular formula is C26H29N5O3S2. The van der Waals surface area contributed by atoms with Gasteiger partial charge in [0, 0.05) is 45.3 Å². The van der Waals surface area contributed by atoms with Crippen LogP contribution in [-0.2, 0) is 18.3 Å². The molecule has 3 heterocycles. The molecule has 8 nitrogen and oxygen atoms in total. The summed E-state index contributed by atoms with van der Waals surface area (Å²) in [5, 5.41) is 9.68. The van der Waals surface area contributed by atoms with Gasteiger partial charge in [0.05, 0.1) is 12.0 Å². The zero-order valence-electron chi connectivity index (χ0n) is 20.9. The molecule has 0 unspecified atom stereocenters. The second kappa shape index (κ2) is 10.9. The highest BCUT2D eigenvalue weighted by Crippen LogP contribution is 2.36. The number of thiocarbonyl (C=S) groups is 1. The molecule has 1 aromatic carbocycles. The summed E-state index contributed by atoms with van der Waals surface area (Å²) in [6, 6.07) is 9.81. The number of aromatic nitrogens is 1. The summed E-state index contributed by atoms with van der Waals surface area (Å²) in [5.74, 6) is 1.36. The molecule has 1 aromatic heterocycles. The Morgan fingerprint density at radius 1 is 1.14 bits per heavy atom. The number of hydrogen-bond donors (Lipinski definition) is 0.